The third-order valence-corrected chi connectivity index (χ3v) is 2.98. The molecule has 1 aromatic carbocycles. The van der Waals surface area contributed by atoms with E-state index in [0.29, 0.717) is 18.9 Å². The molecule has 0 amide bonds. The zero-order valence-electron chi connectivity index (χ0n) is 11.9. The number of imidazole rings is 1. The van der Waals surface area contributed by atoms with Crippen LogP contribution in [0.2, 0.25) is 0 Å². The fourth-order valence-electron chi connectivity index (χ4n) is 1.99. The summed E-state index contributed by atoms with van der Waals surface area (Å²) in [6, 6.07) is 4.93. The highest BCUT2D eigenvalue weighted by atomic mass is 16.6. The van der Waals surface area contributed by atoms with Crippen LogP contribution in [0.5, 0.6) is 5.75 Å². The lowest BCUT2D eigenvalue weighted by molar-refractivity contribution is -0.385. The predicted octanol–water partition coefficient (Wildman–Crippen LogP) is 1.98. The van der Waals surface area contributed by atoms with Crippen molar-refractivity contribution in [3.8, 4) is 5.75 Å². The van der Waals surface area contributed by atoms with Gasteiger partial charge < -0.3 is 14.6 Å². The number of nitro groups is 1. The second-order valence-corrected chi connectivity index (χ2v) is 4.59. The van der Waals surface area contributed by atoms with Gasteiger partial charge in [0, 0.05) is 31.5 Å². The van der Waals surface area contributed by atoms with Crippen molar-refractivity contribution in [1.82, 2.24) is 14.9 Å². The van der Waals surface area contributed by atoms with E-state index in [-0.39, 0.29) is 5.69 Å². The third-order valence-electron chi connectivity index (χ3n) is 2.98. The molecule has 0 aliphatic carbocycles. The molecule has 2 aromatic rings. The van der Waals surface area contributed by atoms with Gasteiger partial charge in [-0.3, -0.25) is 10.1 Å². The molecule has 0 saturated heterocycles. The van der Waals surface area contributed by atoms with Gasteiger partial charge in [-0.1, -0.05) is 6.07 Å². The maximum absolute atomic E-state index is 11.0. The summed E-state index contributed by atoms with van der Waals surface area (Å²) < 4.78 is 7.52. The van der Waals surface area contributed by atoms with Gasteiger partial charge in [0.05, 0.1) is 17.9 Å². The van der Waals surface area contributed by atoms with Gasteiger partial charge in [0.25, 0.3) is 0 Å². The number of rotatable bonds is 8. The largest absolute Gasteiger partial charge is 0.487 e. The van der Waals surface area contributed by atoms with E-state index in [1.165, 1.54) is 6.07 Å². The van der Waals surface area contributed by atoms with E-state index in [1.54, 1.807) is 24.7 Å². The zero-order chi connectivity index (χ0) is 15.1. The van der Waals surface area contributed by atoms with Crippen LogP contribution in [0.15, 0.2) is 36.9 Å². The van der Waals surface area contributed by atoms with Gasteiger partial charge in [0.1, 0.15) is 0 Å². The van der Waals surface area contributed by atoms with Crippen LogP contribution in [-0.2, 0) is 13.1 Å². The van der Waals surface area contributed by atoms with Crippen LogP contribution >= 0.6 is 0 Å². The Morgan fingerprint density at radius 3 is 3.00 bits per heavy atom. The van der Waals surface area contributed by atoms with Crippen molar-refractivity contribution in [1.29, 1.82) is 0 Å². The van der Waals surface area contributed by atoms with Crippen molar-refractivity contribution in [2.24, 2.45) is 0 Å². The van der Waals surface area contributed by atoms with Crippen LogP contribution < -0.4 is 10.1 Å². The molecule has 0 unspecified atom stereocenters. The van der Waals surface area contributed by atoms with Crippen LogP contribution in [0, 0.1) is 10.1 Å². The summed E-state index contributed by atoms with van der Waals surface area (Å²) >= 11 is 0. The molecule has 1 aromatic heterocycles. The molecule has 21 heavy (non-hydrogen) atoms. The summed E-state index contributed by atoms with van der Waals surface area (Å²) in [5, 5.41) is 14.0. The molecule has 0 atom stereocenters. The van der Waals surface area contributed by atoms with Crippen molar-refractivity contribution < 1.29 is 9.66 Å². The maximum Gasteiger partial charge on any atom is 0.310 e. The van der Waals surface area contributed by atoms with Gasteiger partial charge in [0.15, 0.2) is 5.75 Å². The number of ether oxygens (including phenoxy) is 1. The SMILES string of the molecule is CNCc1ccc([N+](=O)[O-])c(OCCCn2ccnc2)c1. The molecule has 0 aliphatic rings. The van der Waals surface area contributed by atoms with Crippen molar-refractivity contribution in [2.45, 2.75) is 19.5 Å². The number of hydrogen-bond donors (Lipinski definition) is 1. The molecule has 2 rings (SSSR count). The van der Waals surface area contributed by atoms with Crippen LogP contribution in [0.3, 0.4) is 0 Å². The molecule has 7 nitrogen and oxygen atoms in total. The average Bonchev–Trinajstić information content (AvgIpc) is 2.97. The predicted molar refractivity (Wildman–Crippen MR) is 78.2 cm³/mol. The minimum absolute atomic E-state index is 0.00233. The number of nitrogens with one attached hydrogen (secondary N) is 1. The quantitative estimate of drug-likeness (QED) is 0.456. The van der Waals surface area contributed by atoms with Crippen LogP contribution in [0.25, 0.3) is 0 Å². The lowest BCUT2D eigenvalue weighted by atomic mass is 10.2. The molecule has 0 aliphatic heterocycles. The third kappa shape index (κ3) is 4.28. The Kier molecular flexibility index (Phi) is 5.28. The van der Waals surface area contributed by atoms with Crippen LogP contribution in [0.1, 0.15) is 12.0 Å². The molecule has 7 heteroatoms. The number of aryl methyl sites for hydroxylation is 1. The van der Waals surface area contributed by atoms with Gasteiger partial charge in [-0.2, -0.15) is 0 Å². The van der Waals surface area contributed by atoms with Crippen molar-refractivity contribution in [2.75, 3.05) is 13.7 Å². The Morgan fingerprint density at radius 2 is 2.33 bits per heavy atom. The summed E-state index contributed by atoms with van der Waals surface area (Å²) in [7, 11) is 1.83. The number of nitro benzene ring substituents is 1. The first-order chi connectivity index (χ1) is 10.2. The van der Waals surface area contributed by atoms with Crippen molar-refractivity contribution in [3.63, 3.8) is 0 Å². The van der Waals surface area contributed by atoms with Crippen LogP contribution in [0.4, 0.5) is 5.69 Å². The monoisotopic (exact) mass is 290 g/mol. The van der Waals surface area contributed by atoms with Crippen molar-refractivity contribution in [3.05, 3.63) is 52.6 Å². The Hall–Kier alpha value is -2.41. The molecule has 0 radical (unpaired) electrons. The van der Waals surface area contributed by atoms with Gasteiger partial charge >= 0.3 is 5.69 Å². The fourth-order valence-corrected chi connectivity index (χ4v) is 1.99. The summed E-state index contributed by atoms with van der Waals surface area (Å²) in [5.41, 5.74) is 0.949. The lowest BCUT2D eigenvalue weighted by Crippen LogP contribution is -2.07. The van der Waals surface area contributed by atoms with E-state index in [9.17, 15) is 10.1 Å². The number of nitrogens with zero attached hydrogens (tertiary/aromatic N) is 3. The van der Waals surface area contributed by atoms with Gasteiger partial charge in [-0.25, -0.2) is 4.98 Å². The molecule has 112 valence electrons. The summed E-state index contributed by atoms with van der Waals surface area (Å²) in [6.45, 7) is 1.83. The Balaban J connectivity index is 1.96. The summed E-state index contributed by atoms with van der Waals surface area (Å²) in [6.07, 6.45) is 6.07. The first-order valence-electron chi connectivity index (χ1n) is 6.71. The van der Waals surface area contributed by atoms with E-state index in [2.05, 4.69) is 10.3 Å². The standard InChI is InChI=1S/C14H18N4O3/c1-15-10-12-3-4-13(18(19)20)14(9-12)21-8-2-6-17-7-5-16-11-17/h3-5,7,9,11,15H,2,6,8,10H2,1H3. The number of benzene rings is 1. The van der Waals surface area contributed by atoms with E-state index in [4.69, 9.17) is 4.74 Å². The first kappa shape index (κ1) is 15.0. The molecule has 0 spiro atoms. The minimum atomic E-state index is -0.422. The van der Waals surface area contributed by atoms with E-state index < -0.39 is 4.92 Å². The van der Waals surface area contributed by atoms with E-state index in [0.717, 1.165) is 18.5 Å². The van der Waals surface area contributed by atoms with Gasteiger partial charge in [0.2, 0.25) is 0 Å². The summed E-state index contributed by atoms with van der Waals surface area (Å²) in [5.74, 6) is 0.318. The molecule has 0 bridgehead atoms. The lowest BCUT2D eigenvalue weighted by Gasteiger charge is -2.09. The second kappa shape index (κ2) is 7.39. The zero-order valence-corrected chi connectivity index (χ0v) is 11.9. The molecule has 1 N–H and O–H groups in total. The normalized spacial score (nSPS) is 10.5. The molecular weight excluding hydrogens is 272 g/mol. The number of aromatic nitrogens is 2. The average molecular weight is 290 g/mol. The van der Waals surface area contributed by atoms with E-state index in [1.807, 2.05) is 17.8 Å². The van der Waals surface area contributed by atoms with Gasteiger partial charge in [-0.15, -0.1) is 0 Å². The fraction of sp³-hybridized carbons (Fsp3) is 0.357. The molecule has 1 heterocycles. The summed E-state index contributed by atoms with van der Waals surface area (Å²) in [4.78, 5) is 14.5. The molecule has 0 fully saturated rings. The smallest absolute Gasteiger partial charge is 0.310 e. The number of hydrogen-bond acceptors (Lipinski definition) is 5. The minimum Gasteiger partial charge on any atom is -0.487 e. The first-order valence-corrected chi connectivity index (χ1v) is 6.71. The highest BCUT2D eigenvalue weighted by Crippen LogP contribution is 2.28. The highest BCUT2D eigenvalue weighted by molar-refractivity contribution is 5.48. The topological polar surface area (TPSA) is 82.2 Å². The van der Waals surface area contributed by atoms with E-state index >= 15 is 0 Å². The molecular formula is C14H18N4O3. The Labute approximate surface area is 122 Å². The van der Waals surface area contributed by atoms with Gasteiger partial charge in [-0.05, 0) is 25.1 Å². The van der Waals surface area contributed by atoms with Crippen molar-refractivity contribution >= 4 is 5.69 Å². The highest BCUT2D eigenvalue weighted by Gasteiger charge is 2.15. The van der Waals surface area contributed by atoms with Crippen LogP contribution in [-0.4, -0.2) is 28.1 Å². The Morgan fingerprint density at radius 1 is 1.48 bits per heavy atom. The second-order valence-electron chi connectivity index (χ2n) is 4.59. The Bertz CT molecular complexity index is 584. The maximum atomic E-state index is 11.0. The molecule has 0 saturated carbocycles.